The van der Waals surface area contributed by atoms with Gasteiger partial charge < -0.3 is 15.2 Å². The van der Waals surface area contributed by atoms with Crippen LogP contribution in [0.2, 0.25) is 0 Å². The molecule has 0 aliphatic rings. The molecule has 0 aliphatic carbocycles. The molecule has 1 rings (SSSR count). The molecule has 112 valence electrons. The highest BCUT2D eigenvalue weighted by Gasteiger charge is 2.23. The van der Waals surface area contributed by atoms with Gasteiger partial charge in [0.25, 0.3) is 0 Å². The molecule has 7 heteroatoms. The molecule has 3 N–H and O–H groups in total. The Labute approximate surface area is 115 Å². The van der Waals surface area contributed by atoms with Gasteiger partial charge in [-0.2, -0.15) is 0 Å². The summed E-state index contributed by atoms with van der Waals surface area (Å²) in [5.41, 5.74) is -0.872. The van der Waals surface area contributed by atoms with Crippen molar-refractivity contribution in [2.45, 2.75) is 12.5 Å². The van der Waals surface area contributed by atoms with Crippen molar-refractivity contribution in [2.75, 3.05) is 32.2 Å². The highest BCUT2D eigenvalue weighted by Crippen LogP contribution is 2.14. The number of rotatable bonds is 7. The molecule has 5 nitrogen and oxygen atoms in total. The number of ether oxygens (including phenoxy) is 1. The van der Waals surface area contributed by atoms with Crippen LogP contribution >= 0.6 is 0 Å². The van der Waals surface area contributed by atoms with Crippen LogP contribution < -0.4 is 10.6 Å². The topological polar surface area (TPSA) is 70.6 Å². The fourth-order valence-corrected chi connectivity index (χ4v) is 1.55. The molecule has 0 aliphatic heterocycles. The number of nitrogens with one attached hydrogen (secondary N) is 2. The van der Waals surface area contributed by atoms with Crippen LogP contribution in [0.5, 0.6) is 0 Å². The summed E-state index contributed by atoms with van der Waals surface area (Å²) >= 11 is 0. The van der Waals surface area contributed by atoms with Gasteiger partial charge in [-0.15, -0.1) is 0 Å². The number of halogens is 2. The smallest absolute Gasteiger partial charge is 0.238 e. The third-order valence-corrected chi connectivity index (χ3v) is 2.69. The monoisotopic (exact) mass is 288 g/mol. The zero-order valence-corrected chi connectivity index (χ0v) is 11.4. The molecule has 1 amide bonds. The number of anilines is 1. The molecule has 0 radical (unpaired) electrons. The van der Waals surface area contributed by atoms with Crippen LogP contribution in [0.3, 0.4) is 0 Å². The van der Waals surface area contributed by atoms with Gasteiger partial charge in [0, 0.05) is 13.2 Å². The maximum Gasteiger partial charge on any atom is 0.238 e. The fraction of sp³-hybridized carbons (Fsp3) is 0.462. The second-order valence-corrected chi connectivity index (χ2v) is 4.68. The number of amides is 1. The first-order valence-corrected chi connectivity index (χ1v) is 6.00. The van der Waals surface area contributed by atoms with E-state index < -0.39 is 23.1 Å². The van der Waals surface area contributed by atoms with Crippen LogP contribution in [0.4, 0.5) is 14.5 Å². The molecule has 0 aromatic heterocycles. The normalized spacial score (nSPS) is 13.8. The molecule has 0 spiro atoms. The van der Waals surface area contributed by atoms with E-state index in [9.17, 15) is 18.7 Å². The fourth-order valence-electron chi connectivity index (χ4n) is 1.55. The lowest BCUT2D eigenvalue weighted by atomic mass is 10.1. The number of benzene rings is 1. The summed E-state index contributed by atoms with van der Waals surface area (Å²) in [4.78, 5) is 11.7. The SMILES string of the molecule is COCC(C)(CO)NCC(=O)Nc1ccc(F)cc1F. The quantitative estimate of drug-likeness (QED) is 0.697. The summed E-state index contributed by atoms with van der Waals surface area (Å²) in [6, 6.07) is 2.88. The first-order chi connectivity index (χ1) is 9.40. The minimum absolute atomic E-state index is 0.101. The van der Waals surface area contributed by atoms with E-state index in [2.05, 4.69) is 10.6 Å². The van der Waals surface area contributed by atoms with Gasteiger partial charge in [0.05, 0.1) is 31.0 Å². The van der Waals surface area contributed by atoms with Crippen molar-refractivity contribution in [2.24, 2.45) is 0 Å². The minimum atomic E-state index is -0.847. The van der Waals surface area contributed by atoms with Gasteiger partial charge in [-0.05, 0) is 19.1 Å². The van der Waals surface area contributed by atoms with E-state index in [1.165, 1.54) is 7.11 Å². The molecule has 1 aromatic rings. The molecule has 0 bridgehead atoms. The van der Waals surface area contributed by atoms with E-state index >= 15 is 0 Å². The van der Waals surface area contributed by atoms with Crippen LogP contribution in [0.1, 0.15) is 6.92 Å². The van der Waals surface area contributed by atoms with Gasteiger partial charge in [-0.3, -0.25) is 10.1 Å². The Morgan fingerprint density at radius 2 is 2.15 bits per heavy atom. The first kappa shape index (κ1) is 16.5. The number of carbonyl (C=O) groups is 1. The third-order valence-electron chi connectivity index (χ3n) is 2.69. The Bertz CT molecular complexity index is 471. The Hall–Kier alpha value is -1.57. The Morgan fingerprint density at radius 1 is 1.45 bits per heavy atom. The van der Waals surface area contributed by atoms with E-state index in [1.807, 2.05) is 0 Å². The Kier molecular flexibility index (Phi) is 6.00. The van der Waals surface area contributed by atoms with E-state index in [1.54, 1.807) is 6.92 Å². The van der Waals surface area contributed by atoms with Gasteiger partial charge in [0.2, 0.25) is 5.91 Å². The highest BCUT2D eigenvalue weighted by molar-refractivity contribution is 5.92. The second-order valence-electron chi connectivity index (χ2n) is 4.68. The zero-order valence-electron chi connectivity index (χ0n) is 11.4. The van der Waals surface area contributed by atoms with Gasteiger partial charge in [-0.25, -0.2) is 8.78 Å². The third kappa shape index (κ3) is 4.84. The molecule has 1 aromatic carbocycles. The van der Waals surface area contributed by atoms with Crippen LogP contribution in [-0.4, -0.2) is 43.4 Å². The number of aliphatic hydroxyl groups is 1. The lowest BCUT2D eigenvalue weighted by Crippen LogP contribution is -2.51. The summed E-state index contributed by atoms with van der Waals surface area (Å²) in [5.74, 6) is -2.07. The summed E-state index contributed by atoms with van der Waals surface area (Å²) in [5, 5.41) is 14.3. The Balaban J connectivity index is 2.55. The van der Waals surface area contributed by atoms with Crippen molar-refractivity contribution in [1.29, 1.82) is 0 Å². The standard InChI is InChI=1S/C13H18F2N2O3/c1-13(7-18,8-20-2)16-6-12(19)17-11-4-3-9(14)5-10(11)15/h3-5,16,18H,6-8H2,1-2H3,(H,17,19). The number of aliphatic hydroxyl groups excluding tert-OH is 1. The number of hydrogen-bond acceptors (Lipinski definition) is 4. The zero-order chi connectivity index (χ0) is 15.2. The van der Waals surface area contributed by atoms with Crippen molar-refractivity contribution in [1.82, 2.24) is 5.32 Å². The first-order valence-electron chi connectivity index (χ1n) is 6.00. The Morgan fingerprint density at radius 3 is 2.70 bits per heavy atom. The average Bonchev–Trinajstić information content (AvgIpc) is 2.40. The van der Waals surface area contributed by atoms with Crippen LogP contribution in [0, 0.1) is 11.6 Å². The summed E-state index contributed by atoms with van der Waals surface area (Å²) in [7, 11) is 1.48. The van der Waals surface area contributed by atoms with Crippen LogP contribution in [0.15, 0.2) is 18.2 Å². The van der Waals surface area contributed by atoms with E-state index in [4.69, 9.17) is 4.74 Å². The van der Waals surface area contributed by atoms with Gasteiger partial charge >= 0.3 is 0 Å². The van der Waals surface area contributed by atoms with Crippen molar-refractivity contribution in [3.8, 4) is 0 Å². The molecule has 0 saturated carbocycles. The molecule has 1 atom stereocenters. The number of hydrogen-bond donors (Lipinski definition) is 3. The average molecular weight is 288 g/mol. The molecular formula is C13H18F2N2O3. The van der Waals surface area contributed by atoms with Gasteiger partial charge in [0.1, 0.15) is 11.6 Å². The van der Waals surface area contributed by atoms with E-state index in [0.717, 1.165) is 12.1 Å². The van der Waals surface area contributed by atoms with E-state index in [-0.39, 0.29) is 25.4 Å². The lowest BCUT2D eigenvalue weighted by Gasteiger charge is -2.27. The largest absolute Gasteiger partial charge is 0.394 e. The summed E-state index contributed by atoms with van der Waals surface area (Å²) < 4.78 is 31.0. The van der Waals surface area contributed by atoms with Crippen molar-refractivity contribution < 1.29 is 23.4 Å². The molecule has 20 heavy (non-hydrogen) atoms. The maximum absolute atomic E-state index is 13.3. The highest BCUT2D eigenvalue weighted by atomic mass is 19.1. The second kappa shape index (κ2) is 7.28. The predicted octanol–water partition coefficient (Wildman–Crippen LogP) is 0.890. The number of methoxy groups -OCH3 is 1. The van der Waals surface area contributed by atoms with Crippen molar-refractivity contribution in [3.05, 3.63) is 29.8 Å². The minimum Gasteiger partial charge on any atom is -0.394 e. The lowest BCUT2D eigenvalue weighted by molar-refractivity contribution is -0.116. The molecule has 0 fully saturated rings. The van der Waals surface area contributed by atoms with Gasteiger partial charge in [-0.1, -0.05) is 0 Å². The predicted molar refractivity (Wildman–Crippen MR) is 70.4 cm³/mol. The van der Waals surface area contributed by atoms with Crippen LogP contribution in [0.25, 0.3) is 0 Å². The molecule has 0 heterocycles. The summed E-state index contributed by atoms with van der Waals surface area (Å²) in [6.45, 7) is 1.53. The van der Waals surface area contributed by atoms with E-state index in [0.29, 0.717) is 6.07 Å². The van der Waals surface area contributed by atoms with Crippen LogP contribution in [-0.2, 0) is 9.53 Å². The summed E-state index contributed by atoms with van der Waals surface area (Å²) in [6.07, 6.45) is 0. The number of carbonyl (C=O) groups excluding carboxylic acids is 1. The van der Waals surface area contributed by atoms with Gasteiger partial charge in [0.15, 0.2) is 0 Å². The maximum atomic E-state index is 13.3. The van der Waals surface area contributed by atoms with Crippen molar-refractivity contribution in [3.63, 3.8) is 0 Å². The molecule has 1 unspecified atom stereocenters. The molecule has 0 saturated heterocycles. The molecular weight excluding hydrogens is 270 g/mol. The van der Waals surface area contributed by atoms with Crippen molar-refractivity contribution >= 4 is 11.6 Å².